The molecule has 2 N–H and O–H groups in total. The Kier molecular flexibility index (Phi) is 5.83. The molecule has 106 valence electrons. The van der Waals surface area contributed by atoms with Crippen molar-refractivity contribution in [3.05, 3.63) is 35.9 Å². The average Bonchev–Trinajstić information content (AvgIpc) is 2.82. The zero-order chi connectivity index (χ0) is 13.5. The van der Waals surface area contributed by atoms with Gasteiger partial charge in [0.1, 0.15) is 0 Å². The largest absolute Gasteiger partial charge is 0.374 e. The van der Waals surface area contributed by atoms with Crippen molar-refractivity contribution < 1.29 is 4.74 Å². The number of nitrogens with two attached hydrogens (primary N) is 1. The summed E-state index contributed by atoms with van der Waals surface area (Å²) >= 11 is 0. The van der Waals surface area contributed by atoms with Crippen molar-refractivity contribution in [1.82, 2.24) is 4.90 Å². The van der Waals surface area contributed by atoms with Gasteiger partial charge in [0, 0.05) is 13.1 Å². The lowest BCUT2D eigenvalue weighted by molar-refractivity contribution is 0.0296. The molecule has 1 aliphatic rings. The van der Waals surface area contributed by atoms with Crippen LogP contribution in [0.2, 0.25) is 0 Å². The molecule has 1 saturated heterocycles. The van der Waals surface area contributed by atoms with Gasteiger partial charge >= 0.3 is 0 Å². The van der Waals surface area contributed by atoms with E-state index in [2.05, 4.69) is 42.2 Å². The quantitative estimate of drug-likeness (QED) is 0.820. The Balaban J connectivity index is 1.87. The van der Waals surface area contributed by atoms with Crippen molar-refractivity contribution in [3.8, 4) is 0 Å². The summed E-state index contributed by atoms with van der Waals surface area (Å²) in [4.78, 5) is 2.48. The number of hydrogen-bond acceptors (Lipinski definition) is 3. The maximum atomic E-state index is 5.94. The molecule has 2 unspecified atom stereocenters. The standard InChI is InChI=1S/C16H26N2O/c1-14-8-9-16(19-14)13-18(11-5-10-17)12-15-6-3-2-4-7-15/h2-4,6-7,14,16H,5,8-13,17H2,1H3. The van der Waals surface area contributed by atoms with Gasteiger partial charge in [-0.05, 0) is 44.8 Å². The van der Waals surface area contributed by atoms with Crippen LogP contribution in [0, 0.1) is 0 Å². The van der Waals surface area contributed by atoms with Gasteiger partial charge in [-0.1, -0.05) is 30.3 Å². The first-order chi connectivity index (χ1) is 9.28. The van der Waals surface area contributed by atoms with Crippen LogP contribution < -0.4 is 5.73 Å². The van der Waals surface area contributed by atoms with Crippen LogP contribution >= 0.6 is 0 Å². The second-order valence-electron chi connectivity index (χ2n) is 5.51. The molecular formula is C16H26N2O. The normalized spacial score (nSPS) is 23.1. The highest BCUT2D eigenvalue weighted by molar-refractivity contribution is 5.14. The first-order valence-electron chi connectivity index (χ1n) is 7.39. The van der Waals surface area contributed by atoms with E-state index in [1.165, 1.54) is 18.4 Å². The Bertz CT molecular complexity index is 355. The summed E-state index contributed by atoms with van der Waals surface area (Å²) in [7, 11) is 0. The first-order valence-corrected chi connectivity index (χ1v) is 7.39. The van der Waals surface area contributed by atoms with E-state index in [1.54, 1.807) is 0 Å². The van der Waals surface area contributed by atoms with Gasteiger partial charge < -0.3 is 10.5 Å². The van der Waals surface area contributed by atoms with Gasteiger partial charge in [-0.25, -0.2) is 0 Å². The Morgan fingerprint density at radius 1 is 1.26 bits per heavy atom. The predicted molar refractivity (Wildman–Crippen MR) is 79.0 cm³/mol. The molecule has 19 heavy (non-hydrogen) atoms. The minimum atomic E-state index is 0.400. The highest BCUT2D eigenvalue weighted by Crippen LogP contribution is 2.20. The SMILES string of the molecule is CC1CCC(CN(CCCN)Cc2ccccc2)O1. The number of ether oxygens (including phenoxy) is 1. The summed E-state index contributed by atoms with van der Waals surface area (Å²) in [5, 5.41) is 0. The van der Waals surface area contributed by atoms with Gasteiger partial charge in [-0.2, -0.15) is 0 Å². The van der Waals surface area contributed by atoms with E-state index in [0.29, 0.717) is 12.2 Å². The first kappa shape index (κ1) is 14.5. The predicted octanol–water partition coefficient (Wildman–Crippen LogP) is 2.40. The molecule has 0 aliphatic carbocycles. The molecule has 0 radical (unpaired) electrons. The molecule has 1 aromatic rings. The van der Waals surface area contributed by atoms with E-state index in [-0.39, 0.29) is 0 Å². The molecule has 1 heterocycles. The highest BCUT2D eigenvalue weighted by Gasteiger charge is 2.23. The van der Waals surface area contributed by atoms with Crippen LogP contribution in [0.4, 0.5) is 0 Å². The molecule has 0 aromatic heterocycles. The van der Waals surface area contributed by atoms with E-state index < -0.39 is 0 Å². The lowest BCUT2D eigenvalue weighted by Gasteiger charge is -2.25. The molecule has 2 atom stereocenters. The van der Waals surface area contributed by atoms with E-state index in [0.717, 1.165) is 32.6 Å². The fourth-order valence-corrected chi connectivity index (χ4v) is 2.70. The summed E-state index contributed by atoms with van der Waals surface area (Å²) in [5.41, 5.74) is 7.01. The van der Waals surface area contributed by atoms with Gasteiger partial charge in [-0.15, -0.1) is 0 Å². The minimum Gasteiger partial charge on any atom is -0.374 e. The van der Waals surface area contributed by atoms with E-state index >= 15 is 0 Å². The second kappa shape index (κ2) is 7.63. The van der Waals surface area contributed by atoms with Gasteiger partial charge in [0.2, 0.25) is 0 Å². The fourth-order valence-electron chi connectivity index (χ4n) is 2.70. The summed E-state index contributed by atoms with van der Waals surface area (Å²) in [5.74, 6) is 0. The maximum absolute atomic E-state index is 5.94. The van der Waals surface area contributed by atoms with Crippen LogP contribution in [0.1, 0.15) is 31.7 Å². The maximum Gasteiger partial charge on any atom is 0.0706 e. The lowest BCUT2D eigenvalue weighted by Crippen LogP contribution is -2.33. The van der Waals surface area contributed by atoms with Gasteiger partial charge in [-0.3, -0.25) is 4.90 Å². The third-order valence-electron chi connectivity index (χ3n) is 3.71. The molecule has 1 aliphatic heterocycles. The third kappa shape index (κ3) is 4.94. The zero-order valence-corrected chi connectivity index (χ0v) is 11.9. The summed E-state index contributed by atoms with van der Waals surface area (Å²) in [6.07, 6.45) is 4.26. The van der Waals surface area contributed by atoms with Crippen LogP contribution in [-0.2, 0) is 11.3 Å². The van der Waals surface area contributed by atoms with Crippen molar-refractivity contribution in [3.63, 3.8) is 0 Å². The molecule has 3 nitrogen and oxygen atoms in total. The van der Waals surface area contributed by atoms with Crippen LogP contribution in [0.5, 0.6) is 0 Å². The van der Waals surface area contributed by atoms with E-state index in [1.807, 2.05) is 0 Å². The molecule has 0 amide bonds. The van der Waals surface area contributed by atoms with Crippen LogP contribution in [0.3, 0.4) is 0 Å². The molecule has 2 rings (SSSR count). The highest BCUT2D eigenvalue weighted by atomic mass is 16.5. The molecule has 3 heteroatoms. The lowest BCUT2D eigenvalue weighted by atomic mass is 10.1. The molecule has 0 bridgehead atoms. The monoisotopic (exact) mass is 262 g/mol. The smallest absolute Gasteiger partial charge is 0.0706 e. The van der Waals surface area contributed by atoms with Crippen LogP contribution in [0.15, 0.2) is 30.3 Å². The molecule has 0 spiro atoms. The van der Waals surface area contributed by atoms with Crippen molar-refractivity contribution in [2.75, 3.05) is 19.6 Å². The molecule has 0 saturated carbocycles. The summed E-state index contributed by atoms with van der Waals surface area (Å²) < 4.78 is 5.94. The van der Waals surface area contributed by atoms with Crippen molar-refractivity contribution in [1.29, 1.82) is 0 Å². The van der Waals surface area contributed by atoms with Crippen LogP contribution in [0.25, 0.3) is 0 Å². The van der Waals surface area contributed by atoms with Gasteiger partial charge in [0.15, 0.2) is 0 Å². The minimum absolute atomic E-state index is 0.400. The van der Waals surface area contributed by atoms with Crippen molar-refractivity contribution in [2.45, 2.75) is 44.9 Å². The number of nitrogens with zero attached hydrogens (tertiary/aromatic N) is 1. The average molecular weight is 262 g/mol. The zero-order valence-electron chi connectivity index (χ0n) is 11.9. The van der Waals surface area contributed by atoms with Crippen LogP contribution in [-0.4, -0.2) is 36.7 Å². The Hall–Kier alpha value is -0.900. The number of rotatable bonds is 7. The Morgan fingerprint density at radius 2 is 2.05 bits per heavy atom. The molecular weight excluding hydrogens is 236 g/mol. The molecule has 1 aromatic carbocycles. The third-order valence-corrected chi connectivity index (χ3v) is 3.71. The Labute approximate surface area is 116 Å². The number of benzene rings is 1. The Morgan fingerprint density at radius 3 is 2.68 bits per heavy atom. The summed E-state index contributed by atoms with van der Waals surface area (Å²) in [6.45, 7) is 6.00. The number of hydrogen-bond donors (Lipinski definition) is 1. The second-order valence-corrected chi connectivity index (χ2v) is 5.51. The summed E-state index contributed by atoms with van der Waals surface area (Å²) in [6, 6.07) is 10.6. The topological polar surface area (TPSA) is 38.5 Å². The fraction of sp³-hybridized carbons (Fsp3) is 0.625. The van der Waals surface area contributed by atoms with Crippen molar-refractivity contribution in [2.24, 2.45) is 5.73 Å². The van der Waals surface area contributed by atoms with Gasteiger partial charge in [0.05, 0.1) is 12.2 Å². The van der Waals surface area contributed by atoms with E-state index in [9.17, 15) is 0 Å². The van der Waals surface area contributed by atoms with E-state index in [4.69, 9.17) is 10.5 Å². The molecule has 1 fully saturated rings. The van der Waals surface area contributed by atoms with Gasteiger partial charge in [0.25, 0.3) is 0 Å². The van der Waals surface area contributed by atoms with Crippen molar-refractivity contribution >= 4 is 0 Å².